The number of nitrogens with zero attached hydrogens (tertiary/aromatic N) is 3. The maximum absolute atomic E-state index is 14.0. The summed E-state index contributed by atoms with van der Waals surface area (Å²) in [7, 11) is 0. The lowest BCUT2D eigenvalue weighted by molar-refractivity contribution is 0.00854. The number of likely N-dealkylation sites (tertiary alicyclic amines) is 1. The van der Waals surface area contributed by atoms with Crippen molar-refractivity contribution in [2.45, 2.75) is 6.04 Å². The fourth-order valence-corrected chi connectivity index (χ4v) is 4.61. The van der Waals surface area contributed by atoms with Gasteiger partial charge in [-0.2, -0.15) is 0 Å². The summed E-state index contributed by atoms with van der Waals surface area (Å²) in [6.45, 7) is 4.22. The molecule has 2 amide bonds. The molecule has 2 heterocycles. The van der Waals surface area contributed by atoms with E-state index in [0.717, 1.165) is 19.2 Å². The monoisotopic (exact) mass is 461 g/mol. The Balaban J connectivity index is 1.13. The minimum absolute atomic E-state index is 0.0623. The molecule has 0 aromatic heterocycles. The summed E-state index contributed by atoms with van der Waals surface area (Å²) in [4.78, 5) is 31.5. The van der Waals surface area contributed by atoms with E-state index in [1.165, 1.54) is 12.1 Å². The van der Waals surface area contributed by atoms with Gasteiger partial charge in [0.2, 0.25) is 0 Å². The normalized spacial score (nSPS) is 16.9. The molecule has 2 fully saturated rings. The van der Waals surface area contributed by atoms with E-state index in [2.05, 4.69) is 4.90 Å². The third-order valence-corrected chi connectivity index (χ3v) is 6.68. The Morgan fingerprint density at radius 3 is 1.97 bits per heavy atom. The minimum Gasteiger partial charge on any atom is -0.336 e. The Bertz CT molecular complexity index is 1190. The molecule has 0 bridgehead atoms. The number of benzene rings is 3. The van der Waals surface area contributed by atoms with Crippen molar-refractivity contribution >= 4 is 11.8 Å². The first kappa shape index (κ1) is 22.2. The molecule has 2 aliphatic heterocycles. The standard InChI is InChI=1S/C27H25F2N3O2/c28-24-8-4-7-23(25(24)29)19-9-11-21(12-10-19)27(34)32-17-22(18-32)30-13-15-31(16-14-30)26(33)20-5-2-1-3-6-20/h1-12,22H,13-18H2. The van der Waals surface area contributed by atoms with Crippen molar-refractivity contribution in [3.8, 4) is 11.1 Å². The molecule has 2 saturated heterocycles. The molecule has 5 rings (SSSR count). The first-order chi connectivity index (χ1) is 16.5. The molecule has 7 heteroatoms. The molecule has 0 atom stereocenters. The van der Waals surface area contributed by atoms with Gasteiger partial charge in [0.25, 0.3) is 11.8 Å². The van der Waals surface area contributed by atoms with Gasteiger partial charge in [0.1, 0.15) is 0 Å². The van der Waals surface area contributed by atoms with Crippen molar-refractivity contribution in [1.82, 2.24) is 14.7 Å². The molecule has 34 heavy (non-hydrogen) atoms. The smallest absolute Gasteiger partial charge is 0.253 e. The number of rotatable bonds is 4. The Morgan fingerprint density at radius 1 is 0.676 bits per heavy atom. The van der Waals surface area contributed by atoms with Crippen molar-refractivity contribution in [2.75, 3.05) is 39.3 Å². The van der Waals surface area contributed by atoms with Crippen LogP contribution in [-0.4, -0.2) is 71.8 Å². The highest BCUT2D eigenvalue weighted by Crippen LogP contribution is 2.26. The van der Waals surface area contributed by atoms with Crippen LogP contribution in [0.2, 0.25) is 0 Å². The SMILES string of the molecule is O=C(c1ccccc1)N1CCN(C2CN(C(=O)c3ccc(-c4cccc(F)c4F)cc3)C2)CC1. The van der Waals surface area contributed by atoms with Crippen LogP contribution in [0.25, 0.3) is 11.1 Å². The number of carbonyl (C=O) groups excluding carboxylic acids is 2. The van der Waals surface area contributed by atoms with Crippen LogP contribution in [0.15, 0.2) is 72.8 Å². The van der Waals surface area contributed by atoms with Crippen molar-refractivity contribution < 1.29 is 18.4 Å². The second-order valence-electron chi connectivity index (χ2n) is 8.74. The summed E-state index contributed by atoms with van der Waals surface area (Å²) < 4.78 is 27.5. The zero-order valence-electron chi connectivity index (χ0n) is 18.7. The van der Waals surface area contributed by atoms with E-state index >= 15 is 0 Å². The van der Waals surface area contributed by atoms with Crippen LogP contribution in [0.5, 0.6) is 0 Å². The van der Waals surface area contributed by atoms with Crippen LogP contribution in [0.4, 0.5) is 8.78 Å². The Labute approximate surface area is 197 Å². The summed E-state index contributed by atoms with van der Waals surface area (Å²) >= 11 is 0. The van der Waals surface area contributed by atoms with Crippen molar-refractivity contribution in [1.29, 1.82) is 0 Å². The first-order valence-electron chi connectivity index (χ1n) is 11.4. The van der Waals surface area contributed by atoms with Gasteiger partial charge in [0.15, 0.2) is 11.6 Å². The highest BCUT2D eigenvalue weighted by molar-refractivity contribution is 5.95. The summed E-state index contributed by atoms with van der Waals surface area (Å²) in [6, 6.07) is 20.3. The van der Waals surface area contributed by atoms with Crippen LogP contribution < -0.4 is 0 Å². The van der Waals surface area contributed by atoms with Gasteiger partial charge in [-0.1, -0.05) is 42.5 Å². The average molecular weight is 462 g/mol. The summed E-state index contributed by atoms with van der Waals surface area (Å²) in [5.41, 5.74) is 1.94. The number of halogens is 2. The number of carbonyl (C=O) groups is 2. The van der Waals surface area contributed by atoms with E-state index in [1.54, 1.807) is 29.2 Å². The van der Waals surface area contributed by atoms with E-state index in [4.69, 9.17) is 0 Å². The topological polar surface area (TPSA) is 43.9 Å². The number of hydrogen-bond donors (Lipinski definition) is 0. The Morgan fingerprint density at radius 2 is 1.29 bits per heavy atom. The molecule has 0 N–H and O–H groups in total. The van der Waals surface area contributed by atoms with E-state index in [1.807, 2.05) is 35.2 Å². The summed E-state index contributed by atoms with van der Waals surface area (Å²) in [5, 5.41) is 0. The lowest BCUT2D eigenvalue weighted by atomic mass is 10.0. The fourth-order valence-electron chi connectivity index (χ4n) is 4.61. The van der Waals surface area contributed by atoms with Crippen molar-refractivity contribution in [3.63, 3.8) is 0 Å². The highest BCUT2D eigenvalue weighted by atomic mass is 19.2. The van der Waals surface area contributed by atoms with E-state index in [9.17, 15) is 18.4 Å². The van der Waals surface area contributed by atoms with Gasteiger partial charge < -0.3 is 9.80 Å². The number of amides is 2. The number of piperazine rings is 1. The Hall–Kier alpha value is -3.58. The van der Waals surface area contributed by atoms with E-state index in [-0.39, 0.29) is 17.4 Å². The van der Waals surface area contributed by atoms with Crippen LogP contribution in [-0.2, 0) is 0 Å². The quantitative estimate of drug-likeness (QED) is 0.592. The van der Waals surface area contributed by atoms with E-state index < -0.39 is 11.6 Å². The lowest BCUT2D eigenvalue weighted by Gasteiger charge is -2.48. The van der Waals surface area contributed by atoms with E-state index in [0.29, 0.717) is 48.9 Å². The third kappa shape index (κ3) is 4.31. The van der Waals surface area contributed by atoms with Gasteiger partial charge in [0, 0.05) is 62.0 Å². The maximum Gasteiger partial charge on any atom is 0.253 e. The predicted molar refractivity (Wildman–Crippen MR) is 125 cm³/mol. The second-order valence-corrected chi connectivity index (χ2v) is 8.74. The molecule has 0 radical (unpaired) electrons. The maximum atomic E-state index is 14.0. The summed E-state index contributed by atoms with van der Waals surface area (Å²) in [5.74, 6) is -1.79. The molecule has 2 aliphatic rings. The van der Waals surface area contributed by atoms with Crippen LogP contribution >= 0.6 is 0 Å². The second kappa shape index (κ2) is 9.35. The highest BCUT2D eigenvalue weighted by Gasteiger charge is 2.37. The van der Waals surface area contributed by atoms with Gasteiger partial charge in [-0.05, 0) is 35.9 Å². The first-order valence-corrected chi connectivity index (χ1v) is 11.4. The minimum atomic E-state index is -0.894. The Kier molecular flexibility index (Phi) is 6.11. The van der Waals surface area contributed by atoms with Gasteiger partial charge in [-0.15, -0.1) is 0 Å². The van der Waals surface area contributed by atoms with Crippen LogP contribution in [0, 0.1) is 11.6 Å². The molecule has 0 spiro atoms. The molecule has 0 aliphatic carbocycles. The molecule has 3 aromatic carbocycles. The predicted octanol–water partition coefficient (Wildman–Crippen LogP) is 3.91. The molecule has 5 nitrogen and oxygen atoms in total. The molecule has 0 saturated carbocycles. The van der Waals surface area contributed by atoms with Crippen LogP contribution in [0.3, 0.4) is 0 Å². The van der Waals surface area contributed by atoms with Gasteiger partial charge in [-0.3, -0.25) is 14.5 Å². The van der Waals surface area contributed by atoms with Gasteiger partial charge in [-0.25, -0.2) is 8.78 Å². The fraction of sp³-hybridized carbons (Fsp3) is 0.259. The molecule has 174 valence electrons. The zero-order valence-corrected chi connectivity index (χ0v) is 18.7. The van der Waals surface area contributed by atoms with Crippen LogP contribution in [0.1, 0.15) is 20.7 Å². The molecular formula is C27H25F2N3O2. The molecular weight excluding hydrogens is 436 g/mol. The lowest BCUT2D eigenvalue weighted by Crippen LogP contribution is -2.64. The van der Waals surface area contributed by atoms with Gasteiger partial charge >= 0.3 is 0 Å². The molecule has 0 unspecified atom stereocenters. The van der Waals surface area contributed by atoms with Gasteiger partial charge in [0.05, 0.1) is 0 Å². The molecule has 3 aromatic rings. The summed E-state index contributed by atoms with van der Waals surface area (Å²) in [6.07, 6.45) is 0. The van der Waals surface area contributed by atoms with Crippen molar-refractivity contribution in [3.05, 3.63) is 95.6 Å². The largest absolute Gasteiger partial charge is 0.336 e. The average Bonchev–Trinajstić information content (AvgIpc) is 2.85. The van der Waals surface area contributed by atoms with Crippen molar-refractivity contribution in [2.24, 2.45) is 0 Å². The third-order valence-electron chi connectivity index (χ3n) is 6.68. The number of hydrogen-bond acceptors (Lipinski definition) is 3. The zero-order chi connectivity index (χ0) is 23.7.